The predicted molar refractivity (Wildman–Crippen MR) is 94.7 cm³/mol. The van der Waals surface area contributed by atoms with E-state index in [9.17, 15) is 9.59 Å². The first-order valence-corrected chi connectivity index (χ1v) is 8.46. The van der Waals surface area contributed by atoms with Gasteiger partial charge in [-0.05, 0) is 19.4 Å². The van der Waals surface area contributed by atoms with Crippen LogP contribution >= 0.6 is 0 Å². The number of likely N-dealkylation sites (N-methyl/N-ethyl adjacent to an activating group) is 1. The highest BCUT2D eigenvalue weighted by Crippen LogP contribution is 2.30. The average molecular weight is 357 g/mol. The highest BCUT2D eigenvalue weighted by Gasteiger charge is 2.37. The van der Waals surface area contributed by atoms with Gasteiger partial charge in [0.05, 0.1) is 37.4 Å². The summed E-state index contributed by atoms with van der Waals surface area (Å²) in [5.41, 5.74) is 2.07. The second-order valence-corrected chi connectivity index (χ2v) is 6.54. The molecule has 138 valence electrons. The molecule has 8 nitrogen and oxygen atoms in total. The van der Waals surface area contributed by atoms with E-state index in [1.165, 1.54) is 7.11 Å². The van der Waals surface area contributed by atoms with Gasteiger partial charge in [0, 0.05) is 37.8 Å². The number of pyridine rings is 1. The Labute approximate surface area is 152 Å². The van der Waals surface area contributed by atoms with E-state index in [0.717, 1.165) is 5.69 Å². The molecule has 0 radical (unpaired) electrons. The van der Waals surface area contributed by atoms with Crippen molar-refractivity contribution in [2.75, 3.05) is 14.2 Å². The highest BCUT2D eigenvalue weighted by molar-refractivity contribution is 5.95. The first-order valence-electron chi connectivity index (χ1n) is 8.46. The highest BCUT2D eigenvalue weighted by atomic mass is 16.5. The zero-order valence-electron chi connectivity index (χ0n) is 15.4. The second-order valence-electron chi connectivity index (χ2n) is 6.54. The summed E-state index contributed by atoms with van der Waals surface area (Å²) >= 11 is 0. The van der Waals surface area contributed by atoms with Gasteiger partial charge in [-0.1, -0.05) is 0 Å². The molecule has 0 aromatic carbocycles. The lowest BCUT2D eigenvalue weighted by Crippen LogP contribution is -2.51. The molecule has 1 fully saturated rings. The van der Waals surface area contributed by atoms with E-state index in [1.54, 1.807) is 36.6 Å². The number of ether oxygens (including phenoxy) is 1. The Morgan fingerprint density at radius 2 is 2.12 bits per heavy atom. The van der Waals surface area contributed by atoms with Gasteiger partial charge in [0.15, 0.2) is 0 Å². The van der Waals surface area contributed by atoms with Gasteiger partial charge >= 0.3 is 0 Å². The Morgan fingerprint density at radius 3 is 2.77 bits per heavy atom. The molecular weight excluding hydrogens is 334 g/mol. The number of methoxy groups -OCH3 is 1. The van der Waals surface area contributed by atoms with Crippen molar-refractivity contribution in [2.45, 2.75) is 31.8 Å². The molecule has 1 aliphatic heterocycles. The van der Waals surface area contributed by atoms with Crippen molar-refractivity contribution in [2.24, 2.45) is 7.05 Å². The summed E-state index contributed by atoms with van der Waals surface area (Å²) in [5, 5.41) is 3.07. The van der Waals surface area contributed by atoms with Crippen LogP contribution in [-0.4, -0.2) is 51.4 Å². The molecule has 1 aliphatic rings. The maximum absolute atomic E-state index is 12.8. The van der Waals surface area contributed by atoms with E-state index in [0.29, 0.717) is 30.0 Å². The topological polar surface area (TPSA) is 89.4 Å². The monoisotopic (exact) mass is 357 g/mol. The molecule has 26 heavy (non-hydrogen) atoms. The first-order chi connectivity index (χ1) is 12.4. The number of hydrogen-bond donors (Lipinski definition) is 1. The number of piperidine rings is 1. The minimum atomic E-state index is -0.266. The third-order valence-corrected chi connectivity index (χ3v) is 4.74. The van der Waals surface area contributed by atoms with E-state index < -0.39 is 0 Å². The summed E-state index contributed by atoms with van der Waals surface area (Å²) in [5.74, 6) is 0.242. The van der Waals surface area contributed by atoms with Crippen LogP contribution in [0.3, 0.4) is 0 Å². The van der Waals surface area contributed by atoms with Crippen LogP contribution in [0.1, 0.15) is 40.6 Å². The molecule has 8 heteroatoms. The number of aromatic nitrogens is 3. The van der Waals surface area contributed by atoms with Crippen molar-refractivity contribution in [1.29, 1.82) is 0 Å². The molecule has 1 saturated heterocycles. The summed E-state index contributed by atoms with van der Waals surface area (Å²) in [6.07, 6.45) is 4.40. The number of nitrogens with one attached hydrogen (secondary N) is 1. The van der Waals surface area contributed by atoms with E-state index in [4.69, 9.17) is 4.74 Å². The molecule has 2 aromatic heterocycles. The van der Waals surface area contributed by atoms with Crippen LogP contribution in [0.5, 0.6) is 5.88 Å². The maximum atomic E-state index is 12.8. The fraction of sp³-hybridized carbons (Fsp3) is 0.444. The molecule has 0 aliphatic carbocycles. The van der Waals surface area contributed by atoms with Gasteiger partial charge in [-0.2, -0.15) is 0 Å². The summed E-state index contributed by atoms with van der Waals surface area (Å²) in [4.78, 5) is 35.0. The van der Waals surface area contributed by atoms with E-state index in [2.05, 4.69) is 15.3 Å². The van der Waals surface area contributed by atoms with Crippen molar-refractivity contribution in [3.8, 4) is 5.88 Å². The zero-order chi connectivity index (χ0) is 18.8. The Bertz CT molecular complexity index is 832. The number of carbonyl (C=O) groups is 2. The number of amides is 2. The fourth-order valence-electron chi connectivity index (χ4n) is 3.37. The van der Waals surface area contributed by atoms with Crippen LogP contribution in [0.2, 0.25) is 0 Å². The lowest BCUT2D eigenvalue weighted by atomic mass is 9.93. The fourth-order valence-corrected chi connectivity index (χ4v) is 3.37. The number of imidazole rings is 1. The summed E-state index contributed by atoms with van der Waals surface area (Å²) in [6.45, 7) is 1.81. The van der Waals surface area contributed by atoms with Gasteiger partial charge in [-0.25, -0.2) is 9.97 Å². The number of nitrogens with zero attached hydrogens (tertiary/aromatic N) is 4. The lowest BCUT2D eigenvalue weighted by molar-refractivity contribution is -0.136. The lowest BCUT2D eigenvalue weighted by Gasteiger charge is -2.39. The Kier molecular flexibility index (Phi) is 4.92. The SMILES string of the molecule is COc1cc(C(=O)N[C@@H]2CCC(=O)N(C)[C@H]2c2cncn2C)cc(C)n1. The Morgan fingerprint density at radius 1 is 1.35 bits per heavy atom. The van der Waals surface area contributed by atoms with Crippen LogP contribution in [0, 0.1) is 6.92 Å². The molecule has 0 saturated carbocycles. The maximum Gasteiger partial charge on any atom is 0.251 e. The van der Waals surface area contributed by atoms with E-state index in [1.807, 2.05) is 18.5 Å². The standard InChI is InChI=1S/C18H23N5O3/c1-11-7-12(8-15(20-11)26-4)18(25)21-13-5-6-16(24)23(3)17(13)14-9-19-10-22(14)2/h7-10,13,17H,5-6H2,1-4H3,(H,21,25)/t13-,17-/m1/s1. The van der Waals surface area contributed by atoms with E-state index >= 15 is 0 Å². The van der Waals surface area contributed by atoms with Crippen molar-refractivity contribution in [1.82, 2.24) is 24.8 Å². The molecular formula is C18H23N5O3. The zero-order valence-corrected chi connectivity index (χ0v) is 15.4. The molecule has 0 bridgehead atoms. The van der Waals surface area contributed by atoms with Crippen molar-refractivity contribution >= 4 is 11.8 Å². The third kappa shape index (κ3) is 3.40. The van der Waals surface area contributed by atoms with Gasteiger partial charge in [0.25, 0.3) is 5.91 Å². The Hall–Kier alpha value is -2.90. The largest absolute Gasteiger partial charge is 0.481 e. The average Bonchev–Trinajstić information content (AvgIpc) is 3.03. The number of rotatable bonds is 4. The third-order valence-electron chi connectivity index (χ3n) is 4.74. The molecule has 0 unspecified atom stereocenters. The van der Waals surface area contributed by atoms with Gasteiger partial charge in [-0.15, -0.1) is 0 Å². The van der Waals surface area contributed by atoms with Crippen LogP contribution in [-0.2, 0) is 11.8 Å². The van der Waals surface area contributed by atoms with Gasteiger partial charge in [-0.3, -0.25) is 9.59 Å². The van der Waals surface area contributed by atoms with Gasteiger partial charge in [0.1, 0.15) is 0 Å². The Balaban J connectivity index is 1.87. The number of hydrogen-bond acceptors (Lipinski definition) is 5. The number of likely N-dealkylation sites (tertiary alicyclic amines) is 1. The molecule has 2 atom stereocenters. The first kappa shape index (κ1) is 17.9. The van der Waals surface area contributed by atoms with Crippen LogP contribution < -0.4 is 10.1 Å². The van der Waals surface area contributed by atoms with Crippen LogP contribution in [0.25, 0.3) is 0 Å². The molecule has 1 N–H and O–H groups in total. The van der Waals surface area contributed by atoms with E-state index in [-0.39, 0.29) is 23.9 Å². The number of carbonyl (C=O) groups excluding carboxylic acids is 2. The number of aryl methyl sites for hydroxylation is 2. The molecule has 3 rings (SSSR count). The normalized spacial score (nSPS) is 20.2. The van der Waals surface area contributed by atoms with Crippen molar-refractivity contribution < 1.29 is 14.3 Å². The molecule has 2 aromatic rings. The summed E-state index contributed by atoms with van der Waals surface area (Å²) in [7, 11) is 5.16. The second kappa shape index (κ2) is 7.15. The summed E-state index contributed by atoms with van der Waals surface area (Å²) < 4.78 is 7.02. The molecule has 3 heterocycles. The van der Waals surface area contributed by atoms with Crippen molar-refractivity contribution in [3.05, 3.63) is 41.6 Å². The smallest absolute Gasteiger partial charge is 0.251 e. The predicted octanol–water partition coefficient (Wildman–Crippen LogP) is 1.22. The molecule has 2 amide bonds. The van der Waals surface area contributed by atoms with Gasteiger partial charge in [0.2, 0.25) is 11.8 Å². The summed E-state index contributed by atoms with van der Waals surface area (Å²) in [6, 6.07) is 2.85. The molecule has 0 spiro atoms. The quantitative estimate of drug-likeness (QED) is 0.889. The minimum absolute atomic E-state index is 0.0584. The van der Waals surface area contributed by atoms with Crippen LogP contribution in [0.15, 0.2) is 24.7 Å². The van der Waals surface area contributed by atoms with Crippen LogP contribution in [0.4, 0.5) is 0 Å². The van der Waals surface area contributed by atoms with Gasteiger partial charge < -0.3 is 19.5 Å². The van der Waals surface area contributed by atoms with Crippen molar-refractivity contribution in [3.63, 3.8) is 0 Å². The minimum Gasteiger partial charge on any atom is -0.481 e.